The van der Waals surface area contributed by atoms with Gasteiger partial charge in [0.2, 0.25) is 0 Å². The second-order valence-corrected chi connectivity index (χ2v) is 7.76. The molecule has 136 valence electrons. The summed E-state index contributed by atoms with van der Waals surface area (Å²) in [6, 6.07) is 6.15. The first-order chi connectivity index (χ1) is 12.1. The molecule has 0 aliphatic carbocycles. The smallest absolute Gasteiger partial charge is 0.317 e. The summed E-state index contributed by atoms with van der Waals surface area (Å²) in [5.74, 6) is 1.15. The highest BCUT2D eigenvalue weighted by Crippen LogP contribution is 2.15. The molecule has 3 heterocycles. The van der Waals surface area contributed by atoms with Gasteiger partial charge in [-0.15, -0.1) is 11.3 Å². The van der Waals surface area contributed by atoms with Crippen molar-refractivity contribution in [2.75, 3.05) is 26.2 Å². The highest BCUT2D eigenvalue weighted by molar-refractivity contribution is 7.09. The van der Waals surface area contributed by atoms with E-state index < -0.39 is 0 Å². The number of urea groups is 1. The molecule has 1 fully saturated rings. The Bertz CT molecular complexity index is 668. The molecular formula is C18H26N4O2S. The lowest BCUT2D eigenvalue weighted by molar-refractivity contribution is 0.197. The molecule has 25 heavy (non-hydrogen) atoms. The van der Waals surface area contributed by atoms with Crippen LogP contribution in [0, 0.1) is 0 Å². The van der Waals surface area contributed by atoms with Crippen LogP contribution >= 0.6 is 11.3 Å². The van der Waals surface area contributed by atoms with Crippen molar-refractivity contribution in [3.63, 3.8) is 0 Å². The number of aromatic nitrogens is 1. The van der Waals surface area contributed by atoms with Gasteiger partial charge in [-0.3, -0.25) is 4.90 Å². The third kappa shape index (κ3) is 5.06. The minimum absolute atomic E-state index is 0.0212. The SMILES string of the molecule is CC(C)c1cc(CNC(=O)N2CCCN(Cc3cccs3)CC2)no1. The Morgan fingerprint density at radius 1 is 1.36 bits per heavy atom. The fourth-order valence-corrected chi connectivity index (χ4v) is 3.66. The zero-order valence-electron chi connectivity index (χ0n) is 14.9. The molecule has 0 radical (unpaired) electrons. The Morgan fingerprint density at radius 3 is 2.96 bits per heavy atom. The van der Waals surface area contributed by atoms with E-state index in [-0.39, 0.29) is 6.03 Å². The normalized spacial score (nSPS) is 16.2. The van der Waals surface area contributed by atoms with E-state index in [9.17, 15) is 4.79 Å². The van der Waals surface area contributed by atoms with Crippen LogP contribution in [-0.4, -0.2) is 47.2 Å². The number of carbonyl (C=O) groups is 1. The summed E-state index contributed by atoms with van der Waals surface area (Å²) in [6.07, 6.45) is 1.00. The molecule has 2 aromatic heterocycles. The third-order valence-electron chi connectivity index (χ3n) is 4.40. The summed E-state index contributed by atoms with van der Waals surface area (Å²) in [7, 11) is 0. The number of thiophene rings is 1. The zero-order chi connectivity index (χ0) is 17.6. The summed E-state index contributed by atoms with van der Waals surface area (Å²) >= 11 is 1.79. The molecule has 0 atom stereocenters. The summed E-state index contributed by atoms with van der Waals surface area (Å²) in [6.45, 7) is 8.99. The number of carbonyl (C=O) groups excluding carboxylic acids is 1. The molecule has 2 amide bonds. The van der Waals surface area contributed by atoms with E-state index in [2.05, 4.69) is 46.7 Å². The first kappa shape index (κ1) is 17.9. The van der Waals surface area contributed by atoms with E-state index in [0.29, 0.717) is 12.5 Å². The number of rotatable bonds is 5. The molecule has 0 saturated carbocycles. The number of hydrogen-bond donors (Lipinski definition) is 1. The van der Waals surface area contributed by atoms with Crippen molar-refractivity contribution in [1.29, 1.82) is 0 Å². The lowest BCUT2D eigenvalue weighted by atomic mass is 10.1. The maximum Gasteiger partial charge on any atom is 0.317 e. The van der Waals surface area contributed by atoms with E-state index >= 15 is 0 Å². The van der Waals surface area contributed by atoms with Gasteiger partial charge in [0, 0.05) is 49.6 Å². The number of nitrogens with one attached hydrogen (secondary N) is 1. The lowest BCUT2D eigenvalue weighted by Gasteiger charge is -2.21. The van der Waals surface area contributed by atoms with E-state index in [1.54, 1.807) is 11.3 Å². The van der Waals surface area contributed by atoms with Gasteiger partial charge in [-0.25, -0.2) is 4.79 Å². The fourth-order valence-electron chi connectivity index (χ4n) is 2.92. The van der Waals surface area contributed by atoms with Gasteiger partial charge in [-0.1, -0.05) is 25.1 Å². The van der Waals surface area contributed by atoms with Gasteiger partial charge < -0.3 is 14.7 Å². The van der Waals surface area contributed by atoms with Crippen molar-refractivity contribution in [3.05, 3.63) is 39.9 Å². The molecule has 1 N–H and O–H groups in total. The van der Waals surface area contributed by atoms with Crippen molar-refractivity contribution in [1.82, 2.24) is 20.3 Å². The molecule has 1 saturated heterocycles. The van der Waals surface area contributed by atoms with Gasteiger partial charge in [0.05, 0.1) is 6.54 Å². The van der Waals surface area contributed by atoms with E-state index in [4.69, 9.17) is 4.52 Å². The van der Waals surface area contributed by atoms with Crippen molar-refractivity contribution in [2.24, 2.45) is 0 Å². The molecule has 1 aliphatic heterocycles. The largest absolute Gasteiger partial charge is 0.361 e. The van der Waals surface area contributed by atoms with Crippen LogP contribution in [0.1, 0.15) is 42.5 Å². The number of hydrogen-bond acceptors (Lipinski definition) is 5. The molecule has 0 unspecified atom stereocenters. The predicted octanol–water partition coefficient (Wildman–Crippen LogP) is 3.28. The zero-order valence-corrected chi connectivity index (χ0v) is 15.7. The topological polar surface area (TPSA) is 61.6 Å². The van der Waals surface area contributed by atoms with Crippen LogP contribution in [0.4, 0.5) is 4.79 Å². The lowest BCUT2D eigenvalue weighted by Crippen LogP contribution is -2.41. The van der Waals surface area contributed by atoms with Crippen molar-refractivity contribution in [2.45, 2.75) is 39.3 Å². The Morgan fingerprint density at radius 2 is 2.24 bits per heavy atom. The van der Waals surface area contributed by atoms with E-state index in [1.165, 1.54) is 4.88 Å². The van der Waals surface area contributed by atoms with Gasteiger partial charge in [0.15, 0.2) is 0 Å². The minimum atomic E-state index is -0.0212. The van der Waals surface area contributed by atoms with Crippen LogP contribution in [0.5, 0.6) is 0 Å². The average molecular weight is 362 g/mol. The van der Waals surface area contributed by atoms with Gasteiger partial charge in [0.25, 0.3) is 0 Å². The van der Waals surface area contributed by atoms with Gasteiger partial charge in [-0.2, -0.15) is 0 Å². The summed E-state index contributed by atoms with van der Waals surface area (Å²) < 4.78 is 5.27. The maximum atomic E-state index is 12.4. The van der Waals surface area contributed by atoms with Gasteiger partial charge in [0.1, 0.15) is 11.5 Å². The molecule has 3 rings (SSSR count). The molecule has 2 aromatic rings. The van der Waals surface area contributed by atoms with Crippen molar-refractivity contribution >= 4 is 17.4 Å². The Hall–Kier alpha value is -1.86. The standard InChI is InChI=1S/C18H26N4O2S/c1-14(2)17-11-15(20-24-17)12-19-18(23)22-7-4-6-21(8-9-22)13-16-5-3-10-25-16/h3,5,10-11,14H,4,6-9,12-13H2,1-2H3,(H,19,23). The molecule has 1 aliphatic rings. The highest BCUT2D eigenvalue weighted by atomic mass is 32.1. The second kappa shape index (κ2) is 8.49. The Balaban J connectivity index is 1.45. The fraction of sp³-hybridized carbons (Fsp3) is 0.556. The highest BCUT2D eigenvalue weighted by Gasteiger charge is 2.19. The van der Waals surface area contributed by atoms with Gasteiger partial charge in [-0.05, 0) is 17.9 Å². The summed E-state index contributed by atoms with van der Waals surface area (Å²) in [5, 5.41) is 9.08. The summed E-state index contributed by atoms with van der Waals surface area (Å²) in [4.78, 5) is 18.1. The minimum Gasteiger partial charge on any atom is -0.361 e. The van der Waals surface area contributed by atoms with Crippen LogP contribution in [0.3, 0.4) is 0 Å². The predicted molar refractivity (Wildman–Crippen MR) is 98.6 cm³/mol. The van der Waals surface area contributed by atoms with E-state index in [0.717, 1.165) is 50.6 Å². The van der Waals surface area contributed by atoms with Gasteiger partial charge >= 0.3 is 6.03 Å². The molecule has 0 spiro atoms. The average Bonchev–Trinajstić information content (AvgIpc) is 3.22. The summed E-state index contributed by atoms with van der Waals surface area (Å²) in [5.41, 5.74) is 0.770. The first-order valence-electron chi connectivity index (χ1n) is 8.85. The first-order valence-corrected chi connectivity index (χ1v) is 9.73. The number of nitrogens with zero attached hydrogens (tertiary/aromatic N) is 3. The molecule has 0 bridgehead atoms. The Kier molecular flexibility index (Phi) is 6.09. The third-order valence-corrected chi connectivity index (χ3v) is 5.26. The van der Waals surface area contributed by atoms with E-state index in [1.807, 2.05) is 11.0 Å². The van der Waals surface area contributed by atoms with Crippen LogP contribution < -0.4 is 5.32 Å². The van der Waals surface area contributed by atoms with Crippen molar-refractivity contribution in [3.8, 4) is 0 Å². The van der Waals surface area contributed by atoms with Crippen molar-refractivity contribution < 1.29 is 9.32 Å². The van der Waals surface area contributed by atoms with Crippen LogP contribution in [0.2, 0.25) is 0 Å². The molecule has 0 aromatic carbocycles. The molecular weight excluding hydrogens is 336 g/mol. The van der Waals surface area contributed by atoms with Crippen LogP contribution in [0.15, 0.2) is 28.1 Å². The number of amides is 2. The Labute approximate surface area is 152 Å². The maximum absolute atomic E-state index is 12.4. The quantitative estimate of drug-likeness (QED) is 0.887. The second-order valence-electron chi connectivity index (χ2n) is 6.73. The van der Waals surface area contributed by atoms with Crippen LogP contribution in [0.25, 0.3) is 0 Å². The molecule has 7 heteroatoms. The monoisotopic (exact) mass is 362 g/mol. The van der Waals surface area contributed by atoms with Crippen LogP contribution in [-0.2, 0) is 13.1 Å². The molecule has 6 nitrogen and oxygen atoms in total.